The number of pyridine rings is 1. The Morgan fingerprint density at radius 1 is 1.38 bits per heavy atom. The number of amides is 1. The molecule has 110 valence electrons. The molecule has 21 heavy (non-hydrogen) atoms. The first-order chi connectivity index (χ1) is 10.2. The first kappa shape index (κ1) is 14.2. The second-order valence-electron chi connectivity index (χ2n) is 5.25. The van der Waals surface area contributed by atoms with E-state index in [-0.39, 0.29) is 11.9 Å². The molecule has 3 rings (SSSR count). The molecule has 2 atom stereocenters. The zero-order valence-electron chi connectivity index (χ0n) is 12.1. The SMILES string of the molecule is CC1NCCN(C(=O)c2cnc(-c3ccncc3)s2)C1C. The highest BCUT2D eigenvalue weighted by atomic mass is 32.1. The number of rotatable bonds is 2. The third kappa shape index (κ3) is 2.82. The molecule has 0 spiro atoms. The second-order valence-corrected chi connectivity index (χ2v) is 6.28. The van der Waals surface area contributed by atoms with Crippen LogP contribution in [0.4, 0.5) is 0 Å². The first-order valence-electron chi connectivity index (χ1n) is 7.07. The Hall–Kier alpha value is -1.79. The fraction of sp³-hybridized carbons (Fsp3) is 0.400. The van der Waals surface area contributed by atoms with Gasteiger partial charge in [0.1, 0.15) is 9.88 Å². The van der Waals surface area contributed by atoms with E-state index in [9.17, 15) is 4.79 Å². The molecule has 5 nitrogen and oxygen atoms in total. The Morgan fingerprint density at radius 3 is 2.90 bits per heavy atom. The van der Waals surface area contributed by atoms with Crippen LogP contribution in [0, 0.1) is 0 Å². The normalized spacial score (nSPS) is 22.3. The van der Waals surface area contributed by atoms with E-state index in [2.05, 4.69) is 29.1 Å². The van der Waals surface area contributed by atoms with Crippen LogP contribution in [0.2, 0.25) is 0 Å². The lowest BCUT2D eigenvalue weighted by Crippen LogP contribution is -2.57. The van der Waals surface area contributed by atoms with Gasteiger partial charge in [0.05, 0.1) is 6.20 Å². The van der Waals surface area contributed by atoms with E-state index in [4.69, 9.17) is 0 Å². The van der Waals surface area contributed by atoms with Crippen molar-refractivity contribution in [3.8, 4) is 10.6 Å². The third-order valence-corrected chi connectivity index (χ3v) is 4.97. The zero-order chi connectivity index (χ0) is 14.8. The number of nitrogens with one attached hydrogen (secondary N) is 1. The lowest BCUT2D eigenvalue weighted by molar-refractivity contribution is 0.0607. The van der Waals surface area contributed by atoms with Crippen LogP contribution in [-0.2, 0) is 0 Å². The van der Waals surface area contributed by atoms with Crippen LogP contribution < -0.4 is 5.32 Å². The summed E-state index contributed by atoms with van der Waals surface area (Å²) in [4.78, 5) is 23.7. The van der Waals surface area contributed by atoms with Crippen LogP contribution in [0.3, 0.4) is 0 Å². The minimum Gasteiger partial charge on any atom is -0.332 e. The monoisotopic (exact) mass is 302 g/mol. The van der Waals surface area contributed by atoms with Gasteiger partial charge in [-0.25, -0.2) is 4.98 Å². The van der Waals surface area contributed by atoms with Gasteiger partial charge < -0.3 is 10.2 Å². The highest BCUT2D eigenvalue weighted by molar-refractivity contribution is 7.16. The summed E-state index contributed by atoms with van der Waals surface area (Å²) in [6.07, 6.45) is 5.15. The summed E-state index contributed by atoms with van der Waals surface area (Å²) in [5.74, 6) is 0.0775. The van der Waals surface area contributed by atoms with Crippen molar-refractivity contribution in [2.45, 2.75) is 25.9 Å². The maximum absolute atomic E-state index is 12.7. The molecule has 0 radical (unpaired) electrons. The van der Waals surface area contributed by atoms with Crippen LogP contribution in [-0.4, -0.2) is 45.9 Å². The number of piperazine rings is 1. The van der Waals surface area contributed by atoms with Gasteiger partial charge >= 0.3 is 0 Å². The minimum atomic E-state index is 0.0775. The molecule has 1 aliphatic rings. The molecule has 0 saturated carbocycles. The van der Waals surface area contributed by atoms with E-state index in [1.54, 1.807) is 18.6 Å². The van der Waals surface area contributed by atoms with Gasteiger partial charge in [-0.2, -0.15) is 0 Å². The van der Waals surface area contributed by atoms with Crippen molar-refractivity contribution >= 4 is 17.2 Å². The standard InChI is InChI=1S/C15H18N4OS/c1-10-11(2)19(8-7-17-10)15(20)13-9-18-14(21-13)12-3-5-16-6-4-12/h3-6,9-11,17H,7-8H2,1-2H3. The molecular weight excluding hydrogens is 284 g/mol. The molecule has 0 aliphatic carbocycles. The van der Waals surface area contributed by atoms with Crippen LogP contribution in [0.5, 0.6) is 0 Å². The lowest BCUT2D eigenvalue weighted by Gasteiger charge is -2.38. The van der Waals surface area contributed by atoms with Crippen LogP contribution in [0.1, 0.15) is 23.5 Å². The molecular formula is C15H18N4OS. The number of carbonyl (C=O) groups excluding carboxylic acids is 1. The molecule has 1 saturated heterocycles. The van der Waals surface area contributed by atoms with E-state index >= 15 is 0 Å². The first-order valence-corrected chi connectivity index (χ1v) is 7.89. The van der Waals surface area contributed by atoms with Crippen molar-refractivity contribution in [1.82, 2.24) is 20.2 Å². The number of thiazole rings is 1. The molecule has 2 aromatic heterocycles. The lowest BCUT2D eigenvalue weighted by atomic mass is 10.1. The van der Waals surface area contributed by atoms with Gasteiger partial charge in [-0.15, -0.1) is 11.3 Å². The van der Waals surface area contributed by atoms with E-state index in [0.717, 1.165) is 23.7 Å². The Kier molecular flexibility index (Phi) is 3.98. The quantitative estimate of drug-likeness (QED) is 0.922. The number of nitrogens with zero attached hydrogens (tertiary/aromatic N) is 3. The molecule has 1 fully saturated rings. The summed E-state index contributed by atoms with van der Waals surface area (Å²) in [5, 5.41) is 4.24. The van der Waals surface area contributed by atoms with Crippen molar-refractivity contribution in [3.05, 3.63) is 35.6 Å². The molecule has 1 N–H and O–H groups in total. The molecule has 2 aromatic rings. The minimum absolute atomic E-state index is 0.0775. The van der Waals surface area contributed by atoms with Gasteiger partial charge in [0.2, 0.25) is 0 Å². The molecule has 2 unspecified atom stereocenters. The van der Waals surface area contributed by atoms with Crippen LogP contribution >= 0.6 is 11.3 Å². The summed E-state index contributed by atoms with van der Waals surface area (Å²) in [6, 6.07) is 4.32. The largest absolute Gasteiger partial charge is 0.332 e. The van der Waals surface area contributed by atoms with Gasteiger partial charge in [-0.1, -0.05) is 0 Å². The smallest absolute Gasteiger partial charge is 0.265 e. The van der Waals surface area contributed by atoms with Crippen molar-refractivity contribution in [3.63, 3.8) is 0 Å². The Bertz CT molecular complexity index is 628. The molecule has 1 amide bonds. The summed E-state index contributed by atoms with van der Waals surface area (Å²) in [6.45, 7) is 5.78. The zero-order valence-corrected chi connectivity index (χ0v) is 12.9. The molecule has 1 aliphatic heterocycles. The van der Waals surface area contributed by atoms with Crippen LogP contribution in [0.15, 0.2) is 30.7 Å². The van der Waals surface area contributed by atoms with E-state index in [0.29, 0.717) is 10.9 Å². The number of aromatic nitrogens is 2. The summed E-state index contributed by atoms with van der Waals surface area (Å²) >= 11 is 1.44. The summed E-state index contributed by atoms with van der Waals surface area (Å²) in [5.41, 5.74) is 0.996. The Morgan fingerprint density at radius 2 is 2.14 bits per heavy atom. The number of carbonyl (C=O) groups is 1. The second kappa shape index (κ2) is 5.91. The predicted octanol–water partition coefficient (Wildman–Crippen LogP) is 2.03. The summed E-state index contributed by atoms with van der Waals surface area (Å²) in [7, 11) is 0. The van der Waals surface area contributed by atoms with E-state index in [1.165, 1.54) is 11.3 Å². The van der Waals surface area contributed by atoms with E-state index < -0.39 is 0 Å². The summed E-state index contributed by atoms with van der Waals surface area (Å²) < 4.78 is 0. The topological polar surface area (TPSA) is 58.1 Å². The van der Waals surface area contributed by atoms with Gasteiger partial charge in [0.15, 0.2) is 0 Å². The average molecular weight is 302 g/mol. The van der Waals surface area contributed by atoms with Crippen LogP contribution in [0.25, 0.3) is 10.6 Å². The third-order valence-electron chi connectivity index (χ3n) is 3.94. The van der Waals surface area contributed by atoms with Crippen molar-refractivity contribution < 1.29 is 4.79 Å². The van der Waals surface area contributed by atoms with Gasteiger partial charge in [0.25, 0.3) is 5.91 Å². The number of hydrogen-bond donors (Lipinski definition) is 1. The maximum atomic E-state index is 12.7. The highest BCUT2D eigenvalue weighted by Gasteiger charge is 2.29. The fourth-order valence-electron chi connectivity index (χ4n) is 2.49. The average Bonchev–Trinajstić information content (AvgIpc) is 3.00. The maximum Gasteiger partial charge on any atom is 0.265 e. The molecule has 0 aromatic carbocycles. The van der Waals surface area contributed by atoms with Crippen molar-refractivity contribution in [2.75, 3.05) is 13.1 Å². The Balaban J connectivity index is 1.81. The van der Waals surface area contributed by atoms with Gasteiger partial charge in [0, 0.05) is 43.1 Å². The molecule has 6 heteroatoms. The van der Waals surface area contributed by atoms with Crippen molar-refractivity contribution in [1.29, 1.82) is 0 Å². The predicted molar refractivity (Wildman–Crippen MR) is 83.3 cm³/mol. The molecule has 3 heterocycles. The molecule has 0 bridgehead atoms. The van der Waals surface area contributed by atoms with E-state index in [1.807, 2.05) is 17.0 Å². The number of hydrogen-bond acceptors (Lipinski definition) is 5. The fourth-order valence-corrected chi connectivity index (χ4v) is 3.36. The van der Waals surface area contributed by atoms with Gasteiger partial charge in [-0.05, 0) is 26.0 Å². The Labute approximate surface area is 128 Å². The van der Waals surface area contributed by atoms with Crippen molar-refractivity contribution in [2.24, 2.45) is 0 Å². The highest BCUT2D eigenvalue weighted by Crippen LogP contribution is 2.26. The van der Waals surface area contributed by atoms with Gasteiger partial charge in [-0.3, -0.25) is 9.78 Å².